The summed E-state index contributed by atoms with van der Waals surface area (Å²) < 4.78 is 22.3. The standard InChI is InChI=1S/C13H18Cl2NO4P/c1-3-4-9-19-13(17)10(2)16-21(15,18)20-12-7-5-11(14)6-8-12/h5-8,10H,3-4,9H2,1-2H3,(H,16,18)/t10-,21-/m0/s1. The van der Waals surface area contributed by atoms with Gasteiger partial charge in [-0.3, -0.25) is 4.79 Å². The van der Waals surface area contributed by atoms with Crippen LogP contribution in [0.25, 0.3) is 0 Å². The Balaban J connectivity index is 2.52. The molecule has 0 radical (unpaired) electrons. The van der Waals surface area contributed by atoms with Crippen molar-refractivity contribution in [2.24, 2.45) is 0 Å². The molecule has 0 aliphatic rings. The van der Waals surface area contributed by atoms with Crippen LogP contribution >= 0.6 is 29.7 Å². The minimum absolute atomic E-state index is 0.289. The van der Waals surface area contributed by atoms with Crippen LogP contribution in [0.4, 0.5) is 0 Å². The summed E-state index contributed by atoms with van der Waals surface area (Å²) in [7, 11) is 0. The molecule has 0 spiro atoms. The van der Waals surface area contributed by atoms with Crippen LogP contribution in [-0.4, -0.2) is 18.6 Å². The van der Waals surface area contributed by atoms with E-state index in [1.807, 2.05) is 6.92 Å². The van der Waals surface area contributed by atoms with E-state index in [2.05, 4.69) is 5.09 Å². The number of benzene rings is 1. The van der Waals surface area contributed by atoms with Crippen molar-refractivity contribution in [2.75, 3.05) is 6.61 Å². The molecule has 21 heavy (non-hydrogen) atoms. The lowest BCUT2D eigenvalue weighted by Crippen LogP contribution is -2.33. The first-order valence-corrected chi connectivity index (χ1v) is 9.44. The van der Waals surface area contributed by atoms with Crippen molar-refractivity contribution < 1.29 is 18.6 Å². The second-order valence-corrected chi connectivity index (χ2v) is 7.57. The highest BCUT2D eigenvalue weighted by Crippen LogP contribution is 2.48. The van der Waals surface area contributed by atoms with E-state index < -0.39 is 18.9 Å². The average molecular weight is 354 g/mol. The van der Waals surface area contributed by atoms with Crippen LogP contribution in [0, 0.1) is 0 Å². The number of unbranched alkanes of at least 4 members (excludes halogenated alkanes) is 1. The lowest BCUT2D eigenvalue weighted by molar-refractivity contribution is -0.145. The highest BCUT2D eigenvalue weighted by molar-refractivity contribution is 7.84. The van der Waals surface area contributed by atoms with Crippen LogP contribution in [0.1, 0.15) is 26.7 Å². The van der Waals surface area contributed by atoms with Gasteiger partial charge in [-0.25, -0.2) is 9.65 Å². The highest BCUT2D eigenvalue weighted by Gasteiger charge is 2.28. The largest absolute Gasteiger partial charge is 0.465 e. The van der Waals surface area contributed by atoms with Gasteiger partial charge in [0.1, 0.15) is 11.8 Å². The summed E-state index contributed by atoms with van der Waals surface area (Å²) in [5.41, 5.74) is 0. The fourth-order valence-electron chi connectivity index (χ4n) is 1.38. The Labute approximate surface area is 134 Å². The average Bonchev–Trinajstić information content (AvgIpc) is 2.40. The van der Waals surface area contributed by atoms with E-state index >= 15 is 0 Å². The number of esters is 1. The van der Waals surface area contributed by atoms with Crippen molar-refractivity contribution in [3.63, 3.8) is 0 Å². The lowest BCUT2D eigenvalue weighted by Gasteiger charge is -2.18. The van der Waals surface area contributed by atoms with Gasteiger partial charge in [0.05, 0.1) is 6.61 Å². The van der Waals surface area contributed by atoms with Gasteiger partial charge < -0.3 is 9.26 Å². The van der Waals surface area contributed by atoms with E-state index in [9.17, 15) is 9.36 Å². The number of hydrogen-bond acceptors (Lipinski definition) is 4. The second-order valence-electron chi connectivity index (χ2n) is 4.40. The molecule has 0 saturated carbocycles. The summed E-state index contributed by atoms with van der Waals surface area (Å²) in [6.45, 7) is 0.122. The molecule has 5 nitrogen and oxygen atoms in total. The molecule has 0 heterocycles. The molecule has 1 N–H and O–H groups in total. The van der Waals surface area contributed by atoms with Crippen LogP contribution in [-0.2, 0) is 14.1 Å². The number of carbonyl (C=O) groups is 1. The second kappa shape index (κ2) is 8.64. The van der Waals surface area contributed by atoms with E-state index in [0.717, 1.165) is 12.8 Å². The Morgan fingerprint density at radius 1 is 1.38 bits per heavy atom. The Hall–Kier alpha value is -0.740. The summed E-state index contributed by atoms with van der Waals surface area (Å²) >= 11 is 11.5. The first-order chi connectivity index (χ1) is 9.84. The van der Waals surface area contributed by atoms with E-state index in [4.69, 9.17) is 32.1 Å². The molecule has 0 aliphatic carbocycles. The maximum absolute atomic E-state index is 12.1. The van der Waals surface area contributed by atoms with Crippen molar-refractivity contribution in [2.45, 2.75) is 32.7 Å². The molecular weight excluding hydrogens is 336 g/mol. The van der Waals surface area contributed by atoms with Crippen LogP contribution in [0.2, 0.25) is 5.02 Å². The van der Waals surface area contributed by atoms with Crippen LogP contribution in [0.15, 0.2) is 24.3 Å². The maximum atomic E-state index is 12.1. The fraction of sp³-hybridized carbons (Fsp3) is 0.462. The summed E-state index contributed by atoms with van der Waals surface area (Å²) in [6, 6.07) is 5.39. The third-order valence-electron chi connectivity index (χ3n) is 2.48. The third kappa shape index (κ3) is 7.18. The zero-order valence-corrected chi connectivity index (χ0v) is 14.3. The topological polar surface area (TPSA) is 64.6 Å². The number of carbonyl (C=O) groups excluding carboxylic acids is 1. The van der Waals surface area contributed by atoms with Gasteiger partial charge in [-0.1, -0.05) is 24.9 Å². The van der Waals surface area contributed by atoms with Crippen molar-refractivity contribution in [1.29, 1.82) is 0 Å². The van der Waals surface area contributed by atoms with E-state index in [-0.39, 0.29) is 5.75 Å². The Kier molecular flexibility index (Phi) is 7.53. The molecule has 1 aromatic carbocycles. The number of rotatable bonds is 8. The zero-order valence-electron chi connectivity index (χ0n) is 11.8. The molecule has 0 saturated heterocycles. The Bertz CT molecular complexity index is 509. The molecule has 0 unspecified atom stereocenters. The van der Waals surface area contributed by atoms with Crippen LogP contribution in [0.3, 0.4) is 0 Å². The molecule has 1 rings (SSSR count). The molecule has 0 fully saturated rings. The summed E-state index contributed by atoms with van der Waals surface area (Å²) in [4.78, 5) is 11.7. The summed E-state index contributed by atoms with van der Waals surface area (Å²) in [5, 5.41) is 2.96. The number of ether oxygens (including phenoxy) is 1. The van der Waals surface area contributed by atoms with Gasteiger partial charge in [0.25, 0.3) is 0 Å². The SMILES string of the molecule is CCCCOC(=O)[C@H](C)N[P@](=O)(Cl)Oc1ccc(Cl)cc1. The van der Waals surface area contributed by atoms with Crippen LogP contribution in [0.5, 0.6) is 5.75 Å². The minimum Gasteiger partial charge on any atom is -0.465 e. The van der Waals surface area contributed by atoms with Crippen molar-refractivity contribution in [3.05, 3.63) is 29.3 Å². The minimum atomic E-state index is -3.70. The van der Waals surface area contributed by atoms with Gasteiger partial charge >= 0.3 is 12.8 Å². The molecule has 0 aliphatic heterocycles. The maximum Gasteiger partial charge on any atom is 0.409 e. The smallest absolute Gasteiger partial charge is 0.409 e. The van der Waals surface area contributed by atoms with Gasteiger partial charge in [0.15, 0.2) is 0 Å². The Morgan fingerprint density at radius 3 is 2.57 bits per heavy atom. The quantitative estimate of drug-likeness (QED) is 0.426. The molecule has 0 aromatic heterocycles. The number of nitrogens with one attached hydrogen (secondary N) is 1. The highest BCUT2D eigenvalue weighted by atomic mass is 35.7. The molecule has 2 atom stereocenters. The molecular formula is C13H18Cl2NO4P. The lowest BCUT2D eigenvalue weighted by atomic mass is 10.3. The van der Waals surface area contributed by atoms with E-state index in [0.29, 0.717) is 11.6 Å². The Morgan fingerprint density at radius 2 is 2.00 bits per heavy atom. The first-order valence-electron chi connectivity index (χ1n) is 6.53. The molecule has 0 amide bonds. The zero-order chi connectivity index (χ0) is 15.9. The number of hydrogen-bond donors (Lipinski definition) is 1. The predicted octanol–water partition coefficient (Wildman–Crippen LogP) is 4.39. The van der Waals surface area contributed by atoms with Gasteiger partial charge in [-0.05, 0) is 37.6 Å². The van der Waals surface area contributed by atoms with Crippen molar-refractivity contribution in [1.82, 2.24) is 5.09 Å². The molecule has 118 valence electrons. The van der Waals surface area contributed by atoms with E-state index in [1.54, 1.807) is 12.1 Å². The van der Waals surface area contributed by atoms with Gasteiger partial charge in [0, 0.05) is 16.3 Å². The van der Waals surface area contributed by atoms with Gasteiger partial charge in [0.2, 0.25) is 0 Å². The van der Waals surface area contributed by atoms with Gasteiger partial charge in [-0.15, -0.1) is 0 Å². The predicted molar refractivity (Wildman–Crippen MR) is 84.0 cm³/mol. The fourth-order valence-corrected chi connectivity index (χ4v) is 3.20. The molecule has 1 aromatic rings. The normalized spacial score (nSPS) is 15.0. The van der Waals surface area contributed by atoms with Crippen molar-refractivity contribution in [3.8, 4) is 5.75 Å². The summed E-state index contributed by atoms with van der Waals surface area (Å²) in [6.07, 6.45) is 1.70. The first kappa shape index (κ1) is 18.3. The summed E-state index contributed by atoms with van der Waals surface area (Å²) in [5.74, 6) is -0.235. The number of halogens is 2. The molecule has 0 bridgehead atoms. The van der Waals surface area contributed by atoms with Crippen LogP contribution < -0.4 is 9.61 Å². The van der Waals surface area contributed by atoms with Crippen molar-refractivity contribution >= 4 is 35.7 Å². The third-order valence-corrected chi connectivity index (χ3v) is 4.37. The molecule has 8 heteroatoms. The van der Waals surface area contributed by atoms with E-state index in [1.165, 1.54) is 19.1 Å². The van der Waals surface area contributed by atoms with Gasteiger partial charge in [-0.2, -0.15) is 0 Å². The monoisotopic (exact) mass is 353 g/mol.